The molecule has 1 amide bonds. The second-order valence-electron chi connectivity index (χ2n) is 9.67. The molecule has 1 fully saturated rings. The van der Waals surface area contributed by atoms with Crippen LogP contribution in [0.4, 0.5) is 24.5 Å². The number of amides is 1. The van der Waals surface area contributed by atoms with E-state index in [2.05, 4.69) is 27.2 Å². The van der Waals surface area contributed by atoms with Gasteiger partial charge in [0.05, 0.1) is 24.6 Å². The molecule has 2 unspecified atom stereocenters. The minimum atomic E-state index is -4.43. The number of methoxy groups -OCH3 is 1. The van der Waals surface area contributed by atoms with E-state index in [1.165, 1.54) is 11.6 Å². The molecule has 2 atom stereocenters. The predicted octanol–water partition coefficient (Wildman–Crippen LogP) is 5.26. The molecule has 3 aromatic carbocycles. The van der Waals surface area contributed by atoms with Gasteiger partial charge in [0.15, 0.2) is 0 Å². The van der Waals surface area contributed by atoms with Crippen LogP contribution in [0.2, 0.25) is 0 Å². The number of nitrogens with one attached hydrogen (secondary N) is 1. The standard InChI is InChI=1S/C29H30F3N3O2/c1-37-24-9-5-8-23(18-24)33-28(36)25-17-21-16-22(29(30,31)32)10-11-26(21)35-15-14-34(19-27(25)35)13-12-20-6-3-2-4-7-20/h2-11,16,18,25,27H,12-15,17,19H2,1H3,(H,33,36). The Kier molecular flexibility index (Phi) is 7.11. The highest BCUT2D eigenvalue weighted by atomic mass is 19.4. The number of alkyl halides is 3. The number of anilines is 2. The smallest absolute Gasteiger partial charge is 0.416 e. The van der Waals surface area contributed by atoms with Crippen molar-refractivity contribution in [2.45, 2.75) is 25.1 Å². The van der Waals surface area contributed by atoms with Crippen molar-refractivity contribution < 1.29 is 22.7 Å². The summed E-state index contributed by atoms with van der Waals surface area (Å²) in [6.45, 7) is 2.97. The van der Waals surface area contributed by atoms with E-state index in [1.807, 2.05) is 18.2 Å². The number of carbonyl (C=O) groups excluding carboxylic acids is 1. The van der Waals surface area contributed by atoms with Gasteiger partial charge in [0.25, 0.3) is 0 Å². The molecule has 194 valence electrons. The minimum absolute atomic E-state index is 0.139. The van der Waals surface area contributed by atoms with Crippen molar-refractivity contribution in [1.29, 1.82) is 0 Å². The fourth-order valence-electron chi connectivity index (χ4n) is 5.43. The summed E-state index contributed by atoms with van der Waals surface area (Å²) in [5.41, 5.74) is 2.53. The number of fused-ring (bicyclic) bond motifs is 3. The number of piperazine rings is 1. The maximum Gasteiger partial charge on any atom is 0.416 e. The maximum absolute atomic E-state index is 13.6. The van der Waals surface area contributed by atoms with E-state index in [-0.39, 0.29) is 18.4 Å². The molecule has 2 heterocycles. The van der Waals surface area contributed by atoms with Crippen molar-refractivity contribution in [3.63, 3.8) is 0 Å². The lowest BCUT2D eigenvalue weighted by atomic mass is 9.82. The molecule has 2 aliphatic heterocycles. The van der Waals surface area contributed by atoms with Gasteiger partial charge in [-0.25, -0.2) is 0 Å². The van der Waals surface area contributed by atoms with Crippen molar-refractivity contribution >= 4 is 17.3 Å². The van der Waals surface area contributed by atoms with Crippen LogP contribution in [0.5, 0.6) is 5.75 Å². The molecule has 1 N–H and O–H groups in total. The Labute approximate surface area is 214 Å². The summed E-state index contributed by atoms with van der Waals surface area (Å²) in [4.78, 5) is 18.1. The number of benzene rings is 3. The highest BCUT2D eigenvalue weighted by Crippen LogP contribution is 2.40. The molecule has 5 rings (SSSR count). The predicted molar refractivity (Wildman–Crippen MR) is 138 cm³/mol. The van der Waals surface area contributed by atoms with Crippen LogP contribution in [-0.4, -0.2) is 50.1 Å². The van der Waals surface area contributed by atoms with Gasteiger partial charge in [-0.15, -0.1) is 0 Å². The molecule has 1 saturated heterocycles. The van der Waals surface area contributed by atoms with Gasteiger partial charge >= 0.3 is 6.18 Å². The molecule has 37 heavy (non-hydrogen) atoms. The number of halogens is 3. The molecule has 5 nitrogen and oxygen atoms in total. The lowest BCUT2D eigenvalue weighted by Crippen LogP contribution is -2.60. The van der Waals surface area contributed by atoms with Crippen molar-refractivity contribution in [2.24, 2.45) is 5.92 Å². The summed E-state index contributed by atoms with van der Waals surface area (Å²) in [5, 5.41) is 2.98. The molecule has 0 aliphatic carbocycles. The van der Waals surface area contributed by atoms with Gasteiger partial charge in [-0.2, -0.15) is 13.2 Å². The number of carbonyl (C=O) groups is 1. The Morgan fingerprint density at radius 2 is 1.84 bits per heavy atom. The molecule has 0 radical (unpaired) electrons. The van der Waals surface area contributed by atoms with Crippen LogP contribution in [0.3, 0.4) is 0 Å². The van der Waals surface area contributed by atoms with Crippen molar-refractivity contribution in [3.05, 3.63) is 89.5 Å². The van der Waals surface area contributed by atoms with E-state index in [1.54, 1.807) is 37.4 Å². The van der Waals surface area contributed by atoms with E-state index >= 15 is 0 Å². The fourth-order valence-corrected chi connectivity index (χ4v) is 5.43. The van der Waals surface area contributed by atoms with E-state index < -0.39 is 17.7 Å². The molecule has 3 aromatic rings. The second kappa shape index (κ2) is 10.5. The van der Waals surface area contributed by atoms with E-state index in [0.29, 0.717) is 30.1 Å². The zero-order valence-electron chi connectivity index (χ0n) is 20.7. The van der Waals surface area contributed by atoms with Gasteiger partial charge in [0.1, 0.15) is 5.75 Å². The molecular weight excluding hydrogens is 479 g/mol. The summed E-state index contributed by atoms with van der Waals surface area (Å²) in [7, 11) is 1.56. The fraction of sp³-hybridized carbons (Fsp3) is 0.345. The molecule has 0 bridgehead atoms. The quantitative estimate of drug-likeness (QED) is 0.493. The first-order chi connectivity index (χ1) is 17.8. The molecule has 2 aliphatic rings. The average molecular weight is 510 g/mol. The van der Waals surface area contributed by atoms with E-state index in [4.69, 9.17) is 4.74 Å². The van der Waals surface area contributed by atoms with Crippen molar-refractivity contribution in [3.8, 4) is 5.75 Å². The van der Waals surface area contributed by atoms with Crippen LogP contribution in [0.25, 0.3) is 0 Å². The zero-order chi connectivity index (χ0) is 26.0. The van der Waals surface area contributed by atoms with Crippen LogP contribution in [0, 0.1) is 5.92 Å². The van der Waals surface area contributed by atoms with E-state index in [9.17, 15) is 18.0 Å². The average Bonchev–Trinajstić information content (AvgIpc) is 2.91. The maximum atomic E-state index is 13.6. The molecular formula is C29H30F3N3O2. The summed E-state index contributed by atoms with van der Waals surface area (Å²) in [6.07, 6.45) is -3.27. The minimum Gasteiger partial charge on any atom is -0.497 e. The Hall–Kier alpha value is -3.52. The first-order valence-electron chi connectivity index (χ1n) is 12.5. The Morgan fingerprint density at radius 3 is 2.59 bits per heavy atom. The number of nitrogens with zero attached hydrogens (tertiary/aromatic N) is 2. The molecule has 0 saturated carbocycles. The van der Waals surface area contributed by atoms with Gasteiger partial charge in [-0.1, -0.05) is 36.4 Å². The monoisotopic (exact) mass is 509 g/mol. The van der Waals surface area contributed by atoms with Gasteiger partial charge in [-0.05, 0) is 54.3 Å². The Bertz CT molecular complexity index is 1250. The third-order valence-electron chi connectivity index (χ3n) is 7.36. The molecule has 0 aromatic heterocycles. The lowest BCUT2D eigenvalue weighted by molar-refractivity contribution is -0.137. The largest absolute Gasteiger partial charge is 0.497 e. The van der Waals surface area contributed by atoms with Crippen LogP contribution in [-0.2, 0) is 23.8 Å². The number of hydrogen-bond acceptors (Lipinski definition) is 4. The normalized spacial score (nSPS) is 19.6. The summed E-state index contributed by atoms with van der Waals surface area (Å²) in [5.74, 6) is -0.0778. The summed E-state index contributed by atoms with van der Waals surface area (Å²) in [6, 6.07) is 21.2. The number of ether oxygens (including phenoxy) is 1. The SMILES string of the molecule is COc1cccc(NC(=O)C2Cc3cc(C(F)(F)F)ccc3N3CCN(CCc4ccccc4)CC23)c1. The Morgan fingerprint density at radius 1 is 1.03 bits per heavy atom. The first-order valence-corrected chi connectivity index (χ1v) is 12.5. The van der Waals surface area contributed by atoms with Gasteiger partial charge in [0.2, 0.25) is 5.91 Å². The highest BCUT2D eigenvalue weighted by molar-refractivity contribution is 5.94. The lowest BCUT2D eigenvalue weighted by Gasteiger charge is -2.49. The second-order valence-corrected chi connectivity index (χ2v) is 9.67. The molecule has 0 spiro atoms. The Balaban J connectivity index is 1.40. The van der Waals surface area contributed by atoms with Gasteiger partial charge < -0.3 is 15.0 Å². The molecule has 8 heteroatoms. The van der Waals surface area contributed by atoms with Crippen molar-refractivity contribution in [1.82, 2.24) is 4.90 Å². The number of rotatable bonds is 6. The van der Waals surface area contributed by atoms with Gasteiger partial charge in [-0.3, -0.25) is 9.69 Å². The third kappa shape index (κ3) is 5.59. The summed E-state index contributed by atoms with van der Waals surface area (Å²) >= 11 is 0. The van der Waals surface area contributed by atoms with Crippen LogP contribution < -0.4 is 15.0 Å². The van der Waals surface area contributed by atoms with Crippen molar-refractivity contribution in [2.75, 3.05) is 43.5 Å². The first kappa shape index (κ1) is 25.1. The zero-order valence-corrected chi connectivity index (χ0v) is 20.7. The third-order valence-corrected chi connectivity index (χ3v) is 7.36. The van der Waals surface area contributed by atoms with Crippen LogP contribution >= 0.6 is 0 Å². The van der Waals surface area contributed by atoms with Crippen LogP contribution in [0.1, 0.15) is 16.7 Å². The van der Waals surface area contributed by atoms with E-state index in [0.717, 1.165) is 31.3 Å². The summed E-state index contributed by atoms with van der Waals surface area (Å²) < 4.78 is 45.7. The number of hydrogen-bond donors (Lipinski definition) is 1. The highest BCUT2D eigenvalue weighted by Gasteiger charge is 2.42. The van der Waals surface area contributed by atoms with Crippen LogP contribution in [0.15, 0.2) is 72.8 Å². The van der Waals surface area contributed by atoms with Gasteiger partial charge in [0, 0.05) is 43.6 Å². The topological polar surface area (TPSA) is 44.8 Å².